The molecule has 0 bridgehead atoms. The first-order valence-electron chi connectivity index (χ1n) is 15.9. The Hall–Kier alpha value is -4.92. The minimum atomic E-state index is -0.205. The number of rotatable bonds is 7. The molecule has 9 nitrogen and oxygen atoms in total. The van der Waals surface area contributed by atoms with Gasteiger partial charge in [-0.05, 0) is 105 Å². The molecule has 2 aliphatic rings. The number of aromatic nitrogens is 2. The molecule has 0 saturated carbocycles. The van der Waals surface area contributed by atoms with Gasteiger partial charge in [-0.15, -0.1) is 0 Å². The monoisotopic (exact) mass is 604 g/mol. The van der Waals surface area contributed by atoms with Crippen LogP contribution in [-0.4, -0.2) is 52.4 Å². The van der Waals surface area contributed by atoms with Gasteiger partial charge in [-0.1, -0.05) is 12.1 Å². The number of carbonyl (C=O) groups excluding carboxylic acids is 2. The van der Waals surface area contributed by atoms with Crippen molar-refractivity contribution < 1.29 is 9.59 Å². The van der Waals surface area contributed by atoms with E-state index in [9.17, 15) is 14.4 Å². The van der Waals surface area contributed by atoms with Gasteiger partial charge in [0.15, 0.2) is 0 Å². The molecule has 45 heavy (non-hydrogen) atoms. The zero-order valence-corrected chi connectivity index (χ0v) is 26.0. The molecule has 9 heteroatoms. The number of amides is 2. The molecule has 2 fully saturated rings. The smallest absolute Gasteiger partial charge is 0.274 e. The summed E-state index contributed by atoms with van der Waals surface area (Å²) < 4.78 is 1.53. The fourth-order valence-corrected chi connectivity index (χ4v) is 6.21. The molecule has 0 unspecified atom stereocenters. The van der Waals surface area contributed by atoms with Crippen LogP contribution in [0.3, 0.4) is 0 Å². The molecule has 2 N–H and O–H groups in total. The Morgan fingerprint density at radius 2 is 1.49 bits per heavy atom. The summed E-state index contributed by atoms with van der Waals surface area (Å²) in [5.41, 5.74) is 5.75. The number of benzene rings is 2. The third-order valence-corrected chi connectivity index (χ3v) is 8.84. The highest BCUT2D eigenvalue weighted by atomic mass is 16.2. The highest BCUT2D eigenvalue weighted by molar-refractivity contribution is 6.05. The van der Waals surface area contributed by atoms with Crippen molar-refractivity contribution in [3.05, 3.63) is 100 Å². The van der Waals surface area contributed by atoms with E-state index in [1.165, 1.54) is 23.8 Å². The summed E-state index contributed by atoms with van der Waals surface area (Å²) in [5.74, 6) is 0.295. The Morgan fingerprint density at radius 3 is 2.18 bits per heavy atom. The van der Waals surface area contributed by atoms with Crippen LogP contribution in [0.4, 0.5) is 22.9 Å². The van der Waals surface area contributed by atoms with Gasteiger partial charge in [0.2, 0.25) is 0 Å². The van der Waals surface area contributed by atoms with E-state index in [1.807, 2.05) is 54.3 Å². The number of piperidine rings is 2. The Morgan fingerprint density at radius 1 is 0.800 bits per heavy atom. The Labute approximate surface area is 263 Å². The second kappa shape index (κ2) is 13.4. The molecule has 4 heterocycles. The molecular weight excluding hydrogens is 564 g/mol. The first-order chi connectivity index (χ1) is 21.9. The van der Waals surface area contributed by atoms with Crippen molar-refractivity contribution >= 4 is 34.7 Å². The van der Waals surface area contributed by atoms with E-state index in [2.05, 4.69) is 20.5 Å². The molecule has 2 aliphatic heterocycles. The van der Waals surface area contributed by atoms with Gasteiger partial charge >= 0.3 is 0 Å². The topological polar surface area (TPSA) is 99.6 Å². The quantitative estimate of drug-likeness (QED) is 0.254. The second-order valence-corrected chi connectivity index (χ2v) is 12.0. The molecule has 0 atom stereocenters. The summed E-state index contributed by atoms with van der Waals surface area (Å²) in [5, 5.41) is 6.22. The summed E-state index contributed by atoms with van der Waals surface area (Å²) in [6, 6.07) is 18.8. The molecule has 2 saturated heterocycles. The van der Waals surface area contributed by atoms with Crippen molar-refractivity contribution in [1.29, 1.82) is 0 Å². The van der Waals surface area contributed by atoms with Gasteiger partial charge < -0.3 is 25.0 Å². The van der Waals surface area contributed by atoms with Crippen LogP contribution >= 0.6 is 0 Å². The van der Waals surface area contributed by atoms with Crippen LogP contribution < -0.4 is 21.1 Å². The Kier molecular flexibility index (Phi) is 8.96. The van der Waals surface area contributed by atoms with Crippen molar-refractivity contribution in [3.63, 3.8) is 0 Å². The summed E-state index contributed by atoms with van der Waals surface area (Å²) in [6.07, 6.45) is 10.2. The SMILES string of the molecule is Cc1c(NC(=O)c2ccc(N3CCCCC3)cc2)cccc1-c1cc(Nc2ccc(C(=O)N3CCCCC3)cn2)c(=O)n(C)c1. The van der Waals surface area contributed by atoms with Gasteiger partial charge in [0.25, 0.3) is 17.4 Å². The maximum Gasteiger partial charge on any atom is 0.274 e. The van der Waals surface area contributed by atoms with Crippen LogP contribution in [0.5, 0.6) is 0 Å². The number of anilines is 4. The predicted octanol–water partition coefficient (Wildman–Crippen LogP) is 6.37. The maximum absolute atomic E-state index is 13.2. The molecule has 0 radical (unpaired) electrons. The summed E-state index contributed by atoms with van der Waals surface area (Å²) in [4.78, 5) is 47.8. The number of hydrogen-bond donors (Lipinski definition) is 2. The lowest BCUT2D eigenvalue weighted by molar-refractivity contribution is 0.0723. The number of nitrogens with zero attached hydrogens (tertiary/aromatic N) is 4. The van der Waals surface area contributed by atoms with Crippen LogP contribution in [0.1, 0.15) is 64.8 Å². The molecule has 2 amide bonds. The van der Waals surface area contributed by atoms with E-state index in [1.54, 1.807) is 37.6 Å². The van der Waals surface area contributed by atoms with E-state index in [0.29, 0.717) is 28.3 Å². The van der Waals surface area contributed by atoms with Gasteiger partial charge in [0.05, 0.1) is 5.56 Å². The maximum atomic E-state index is 13.2. The molecule has 6 rings (SSSR count). The number of nitrogens with one attached hydrogen (secondary N) is 2. The van der Waals surface area contributed by atoms with Crippen LogP contribution in [-0.2, 0) is 7.05 Å². The summed E-state index contributed by atoms with van der Waals surface area (Å²) >= 11 is 0. The number of carbonyl (C=O) groups is 2. The number of pyridine rings is 2. The van der Waals surface area contributed by atoms with E-state index in [0.717, 1.165) is 67.8 Å². The molecule has 0 spiro atoms. The van der Waals surface area contributed by atoms with E-state index >= 15 is 0 Å². The highest BCUT2D eigenvalue weighted by Gasteiger charge is 2.19. The zero-order valence-electron chi connectivity index (χ0n) is 26.0. The number of hydrogen-bond acceptors (Lipinski definition) is 6. The fraction of sp³-hybridized carbons (Fsp3) is 0.333. The first-order valence-corrected chi connectivity index (χ1v) is 15.9. The van der Waals surface area contributed by atoms with Gasteiger partial charge in [0, 0.05) is 68.1 Å². The molecule has 0 aliphatic carbocycles. The molecular formula is C36H40N6O3. The Balaban J connectivity index is 1.18. The van der Waals surface area contributed by atoms with Gasteiger partial charge in [-0.3, -0.25) is 14.4 Å². The van der Waals surface area contributed by atoms with E-state index < -0.39 is 0 Å². The average Bonchev–Trinajstić information content (AvgIpc) is 3.08. The molecule has 4 aromatic rings. The summed E-state index contributed by atoms with van der Waals surface area (Å²) in [7, 11) is 1.71. The molecule has 232 valence electrons. The van der Waals surface area contributed by atoms with Crippen LogP contribution in [0, 0.1) is 6.92 Å². The van der Waals surface area contributed by atoms with Crippen molar-refractivity contribution in [2.75, 3.05) is 41.7 Å². The van der Waals surface area contributed by atoms with Crippen molar-refractivity contribution in [3.8, 4) is 11.1 Å². The third kappa shape index (κ3) is 6.77. The van der Waals surface area contributed by atoms with Gasteiger partial charge in [0.1, 0.15) is 11.5 Å². The van der Waals surface area contributed by atoms with Crippen molar-refractivity contribution in [2.24, 2.45) is 7.05 Å². The average molecular weight is 605 g/mol. The largest absolute Gasteiger partial charge is 0.372 e. The molecule has 2 aromatic heterocycles. The third-order valence-electron chi connectivity index (χ3n) is 8.84. The van der Waals surface area contributed by atoms with Crippen LogP contribution in [0.15, 0.2) is 77.9 Å². The summed E-state index contributed by atoms with van der Waals surface area (Å²) in [6.45, 7) is 5.63. The Bertz CT molecular complexity index is 1730. The standard InChI is InChI=1S/C36H40N6O3/c1-25-30(10-9-11-31(25)39-34(43)26-12-15-29(16-13-26)41-18-5-3-6-19-41)28-22-32(36(45)40(2)24-28)38-33-17-14-27(23-37-33)35(44)42-20-7-4-8-21-42/h9-17,22-24H,3-8,18-21H2,1-2H3,(H,37,38)(H,39,43). The lowest BCUT2D eigenvalue weighted by Gasteiger charge is -2.28. The van der Waals surface area contributed by atoms with Crippen LogP contribution in [0.2, 0.25) is 0 Å². The lowest BCUT2D eigenvalue weighted by Crippen LogP contribution is -2.35. The van der Waals surface area contributed by atoms with Crippen molar-refractivity contribution in [2.45, 2.75) is 45.4 Å². The number of likely N-dealkylation sites (tertiary alicyclic amines) is 1. The zero-order chi connectivity index (χ0) is 31.3. The lowest BCUT2D eigenvalue weighted by atomic mass is 10.00. The van der Waals surface area contributed by atoms with Crippen molar-refractivity contribution in [1.82, 2.24) is 14.5 Å². The predicted molar refractivity (Wildman–Crippen MR) is 180 cm³/mol. The minimum Gasteiger partial charge on any atom is -0.372 e. The first kappa shape index (κ1) is 30.1. The minimum absolute atomic E-state index is 0.0106. The number of aryl methyl sites for hydroxylation is 1. The van der Waals surface area contributed by atoms with Gasteiger partial charge in [-0.25, -0.2) is 4.98 Å². The normalized spacial score (nSPS) is 15.1. The fourth-order valence-electron chi connectivity index (χ4n) is 6.21. The molecule has 2 aromatic carbocycles. The van der Waals surface area contributed by atoms with E-state index in [-0.39, 0.29) is 17.4 Å². The van der Waals surface area contributed by atoms with Gasteiger partial charge in [-0.2, -0.15) is 0 Å². The highest BCUT2D eigenvalue weighted by Crippen LogP contribution is 2.30. The second-order valence-electron chi connectivity index (χ2n) is 12.0. The van der Waals surface area contributed by atoms with Crippen LogP contribution in [0.25, 0.3) is 11.1 Å². The van der Waals surface area contributed by atoms with E-state index in [4.69, 9.17) is 0 Å².